The van der Waals surface area contributed by atoms with Crippen molar-refractivity contribution < 1.29 is 18.7 Å². The lowest BCUT2D eigenvalue weighted by Crippen LogP contribution is -2.39. The molecule has 1 saturated heterocycles. The molecule has 1 N–H and O–H groups in total. The number of urea groups is 1. The van der Waals surface area contributed by atoms with Crippen LogP contribution in [0.5, 0.6) is 11.5 Å². The van der Waals surface area contributed by atoms with Crippen LogP contribution in [-0.2, 0) is 6.61 Å². The van der Waals surface area contributed by atoms with E-state index in [1.54, 1.807) is 25.3 Å². The van der Waals surface area contributed by atoms with E-state index in [2.05, 4.69) is 5.32 Å². The summed E-state index contributed by atoms with van der Waals surface area (Å²) in [4.78, 5) is 14.5. The normalized spacial score (nSPS) is 20.6. The van der Waals surface area contributed by atoms with Crippen LogP contribution in [0.2, 0.25) is 0 Å². The Morgan fingerprint density at radius 1 is 1.26 bits per heavy atom. The maximum atomic E-state index is 13.3. The molecule has 2 amide bonds. The van der Waals surface area contributed by atoms with Crippen LogP contribution >= 0.6 is 0 Å². The molecule has 2 unspecified atom stereocenters. The first-order valence-electron chi connectivity index (χ1n) is 9.23. The van der Waals surface area contributed by atoms with E-state index in [0.717, 1.165) is 31.0 Å². The van der Waals surface area contributed by atoms with E-state index >= 15 is 0 Å². The largest absolute Gasteiger partial charge is 0.495 e. The molecule has 4 rings (SSSR count). The van der Waals surface area contributed by atoms with Crippen molar-refractivity contribution >= 4 is 11.7 Å². The number of benzene rings is 2. The Morgan fingerprint density at radius 3 is 2.93 bits per heavy atom. The molecular weight excluding hydrogens is 347 g/mol. The molecule has 142 valence electrons. The predicted molar refractivity (Wildman–Crippen MR) is 101 cm³/mol. The second-order valence-corrected chi connectivity index (χ2v) is 7.20. The minimum atomic E-state index is -0.338. The molecule has 2 aromatic rings. The molecule has 1 saturated carbocycles. The second kappa shape index (κ2) is 7.47. The summed E-state index contributed by atoms with van der Waals surface area (Å²) >= 11 is 0. The molecule has 0 radical (unpaired) electrons. The third-order valence-electron chi connectivity index (χ3n) is 5.29. The average Bonchev–Trinajstić information content (AvgIpc) is 3.45. The average molecular weight is 370 g/mol. The van der Waals surface area contributed by atoms with Crippen LogP contribution in [0.1, 0.15) is 18.4 Å². The van der Waals surface area contributed by atoms with E-state index in [1.165, 1.54) is 18.6 Å². The smallest absolute Gasteiger partial charge is 0.321 e. The maximum Gasteiger partial charge on any atom is 0.321 e. The zero-order valence-electron chi connectivity index (χ0n) is 15.3. The van der Waals surface area contributed by atoms with Gasteiger partial charge >= 0.3 is 6.03 Å². The highest BCUT2D eigenvalue weighted by Crippen LogP contribution is 2.44. The SMILES string of the molecule is COc1ccc(COc2cccc(F)c2)cc1NC(=O)N1CCC2CC2C1. The van der Waals surface area contributed by atoms with E-state index < -0.39 is 0 Å². The third kappa shape index (κ3) is 4.15. The molecule has 0 spiro atoms. The topological polar surface area (TPSA) is 50.8 Å². The number of hydrogen-bond donors (Lipinski definition) is 1. The number of rotatable bonds is 5. The van der Waals surface area contributed by atoms with Gasteiger partial charge in [-0.05, 0) is 54.5 Å². The number of nitrogens with one attached hydrogen (secondary N) is 1. The summed E-state index contributed by atoms with van der Waals surface area (Å²) in [6, 6.07) is 11.4. The lowest BCUT2D eigenvalue weighted by Gasteiger charge is -2.27. The van der Waals surface area contributed by atoms with Gasteiger partial charge in [-0.15, -0.1) is 0 Å². The minimum Gasteiger partial charge on any atom is -0.495 e. The Morgan fingerprint density at radius 2 is 2.15 bits per heavy atom. The van der Waals surface area contributed by atoms with E-state index in [9.17, 15) is 9.18 Å². The van der Waals surface area contributed by atoms with Gasteiger partial charge in [-0.3, -0.25) is 0 Å². The van der Waals surface area contributed by atoms with Crippen molar-refractivity contribution in [1.29, 1.82) is 0 Å². The molecule has 27 heavy (non-hydrogen) atoms. The van der Waals surface area contributed by atoms with E-state index in [4.69, 9.17) is 9.47 Å². The zero-order valence-corrected chi connectivity index (χ0v) is 15.3. The lowest BCUT2D eigenvalue weighted by atomic mass is 10.1. The number of amides is 2. The van der Waals surface area contributed by atoms with Gasteiger partial charge < -0.3 is 19.7 Å². The van der Waals surface area contributed by atoms with Gasteiger partial charge in [-0.1, -0.05) is 12.1 Å². The highest BCUT2D eigenvalue weighted by molar-refractivity contribution is 5.91. The molecule has 0 aromatic heterocycles. The monoisotopic (exact) mass is 370 g/mol. The number of methoxy groups -OCH3 is 1. The highest BCUT2D eigenvalue weighted by atomic mass is 19.1. The summed E-state index contributed by atoms with van der Waals surface area (Å²) < 4.78 is 24.3. The number of halogens is 1. The van der Waals surface area contributed by atoms with E-state index in [0.29, 0.717) is 23.1 Å². The van der Waals surface area contributed by atoms with Crippen LogP contribution in [0.25, 0.3) is 0 Å². The van der Waals surface area contributed by atoms with Gasteiger partial charge in [0.15, 0.2) is 0 Å². The summed E-state index contributed by atoms with van der Waals surface area (Å²) in [5, 5.41) is 2.96. The fraction of sp³-hybridized carbons (Fsp3) is 0.381. The molecule has 2 atom stereocenters. The van der Waals surface area contributed by atoms with Crippen molar-refractivity contribution in [2.24, 2.45) is 11.8 Å². The number of anilines is 1. The zero-order chi connectivity index (χ0) is 18.8. The molecule has 1 aliphatic carbocycles. The van der Waals surface area contributed by atoms with Crippen LogP contribution in [0.15, 0.2) is 42.5 Å². The Labute approximate surface area is 158 Å². The summed E-state index contributed by atoms with van der Waals surface area (Å²) in [6.07, 6.45) is 2.34. The van der Waals surface area contributed by atoms with Crippen LogP contribution in [0.4, 0.5) is 14.9 Å². The van der Waals surface area contributed by atoms with Crippen LogP contribution in [0.3, 0.4) is 0 Å². The molecule has 5 nitrogen and oxygen atoms in total. The first kappa shape index (κ1) is 17.6. The number of carbonyl (C=O) groups is 1. The van der Waals surface area contributed by atoms with Crippen molar-refractivity contribution in [2.45, 2.75) is 19.4 Å². The number of carbonyl (C=O) groups excluding carboxylic acids is 1. The first-order chi connectivity index (χ1) is 13.1. The van der Waals surface area contributed by atoms with Gasteiger partial charge in [0, 0.05) is 19.2 Å². The number of ether oxygens (including phenoxy) is 2. The Hall–Kier alpha value is -2.76. The van der Waals surface area contributed by atoms with Crippen molar-refractivity contribution in [1.82, 2.24) is 4.90 Å². The fourth-order valence-electron chi connectivity index (χ4n) is 3.63. The van der Waals surface area contributed by atoms with Crippen LogP contribution < -0.4 is 14.8 Å². The van der Waals surface area contributed by atoms with Gasteiger partial charge in [0.25, 0.3) is 0 Å². The Bertz CT molecular complexity index is 842. The summed E-state index contributed by atoms with van der Waals surface area (Å²) in [5.74, 6) is 2.22. The molecule has 6 heteroatoms. The molecule has 2 aliphatic rings. The first-order valence-corrected chi connectivity index (χ1v) is 9.23. The summed E-state index contributed by atoms with van der Waals surface area (Å²) in [7, 11) is 1.57. The predicted octanol–water partition coefficient (Wildman–Crippen LogP) is 4.29. The number of fused-ring (bicyclic) bond motifs is 1. The van der Waals surface area contributed by atoms with Crippen LogP contribution in [0, 0.1) is 17.7 Å². The quantitative estimate of drug-likeness (QED) is 0.854. The van der Waals surface area contributed by atoms with Crippen molar-refractivity contribution in [3.63, 3.8) is 0 Å². The van der Waals surface area contributed by atoms with Crippen molar-refractivity contribution in [3.8, 4) is 11.5 Å². The molecule has 2 fully saturated rings. The molecule has 1 heterocycles. The van der Waals surface area contributed by atoms with Gasteiger partial charge in [0.05, 0.1) is 12.8 Å². The molecule has 2 aromatic carbocycles. The Balaban J connectivity index is 1.43. The highest BCUT2D eigenvalue weighted by Gasteiger charge is 2.42. The number of piperidine rings is 1. The van der Waals surface area contributed by atoms with Crippen LogP contribution in [-0.4, -0.2) is 31.1 Å². The fourth-order valence-corrected chi connectivity index (χ4v) is 3.63. The lowest BCUT2D eigenvalue weighted by molar-refractivity contribution is 0.197. The number of likely N-dealkylation sites (tertiary alicyclic amines) is 1. The molecular formula is C21H23FN2O3. The Kier molecular flexibility index (Phi) is 4.88. The van der Waals surface area contributed by atoms with E-state index in [1.807, 2.05) is 17.0 Å². The second-order valence-electron chi connectivity index (χ2n) is 7.20. The van der Waals surface area contributed by atoms with Gasteiger partial charge in [0.1, 0.15) is 23.9 Å². The standard InChI is InChI=1S/C21H23FN2O3/c1-26-20-6-5-14(13-27-18-4-2-3-17(22)11-18)9-19(20)23-21(25)24-8-7-15-10-16(15)12-24/h2-6,9,11,15-16H,7-8,10,12-13H2,1H3,(H,23,25). The summed E-state index contributed by atoms with van der Waals surface area (Å²) in [6.45, 7) is 1.91. The van der Waals surface area contributed by atoms with Crippen molar-refractivity contribution in [3.05, 3.63) is 53.8 Å². The van der Waals surface area contributed by atoms with E-state index in [-0.39, 0.29) is 18.5 Å². The van der Waals surface area contributed by atoms with Crippen molar-refractivity contribution in [2.75, 3.05) is 25.5 Å². The third-order valence-corrected chi connectivity index (χ3v) is 5.29. The van der Waals surface area contributed by atoms with Gasteiger partial charge in [-0.2, -0.15) is 0 Å². The maximum absolute atomic E-state index is 13.3. The molecule has 0 bridgehead atoms. The summed E-state index contributed by atoms with van der Waals surface area (Å²) in [5.41, 5.74) is 1.47. The van der Waals surface area contributed by atoms with Gasteiger partial charge in [0.2, 0.25) is 0 Å². The number of hydrogen-bond acceptors (Lipinski definition) is 3. The molecule has 1 aliphatic heterocycles. The van der Waals surface area contributed by atoms with Gasteiger partial charge in [-0.25, -0.2) is 9.18 Å². The number of nitrogens with zero attached hydrogens (tertiary/aromatic N) is 1. The minimum absolute atomic E-state index is 0.0955.